The van der Waals surface area contributed by atoms with Crippen LogP contribution in [-0.4, -0.2) is 12.3 Å². The van der Waals surface area contributed by atoms with Crippen molar-refractivity contribution in [2.45, 2.75) is 0 Å². The summed E-state index contributed by atoms with van der Waals surface area (Å²) in [7, 11) is 0. The fourth-order valence-corrected chi connectivity index (χ4v) is 2.69. The van der Waals surface area contributed by atoms with Gasteiger partial charge in [0.15, 0.2) is 5.76 Å². The van der Waals surface area contributed by atoms with Crippen LogP contribution in [0.15, 0.2) is 77.2 Å². The minimum Gasteiger partial charge on any atom is -0.453 e. The second-order valence-corrected chi connectivity index (χ2v) is 5.49. The van der Waals surface area contributed by atoms with Gasteiger partial charge in [-0.1, -0.05) is 48.5 Å². The number of ketones is 1. The van der Waals surface area contributed by atoms with Gasteiger partial charge >= 0.3 is 0 Å². The summed E-state index contributed by atoms with van der Waals surface area (Å²) < 4.78 is 5.60. The first-order chi connectivity index (χ1) is 11.3. The van der Waals surface area contributed by atoms with Crippen LogP contribution in [-0.2, 0) is 0 Å². The lowest BCUT2D eigenvalue weighted by molar-refractivity contribution is 0.0982. The lowest BCUT2D eigenvalue weighted by Crippen LogP contribution is -2.13. The predicted molar refractivity (Wildman–Crippen MR) is 93.0 cm³/mol. The van der Waals surface area contributed by atoms with Crippen LogP contribution >= 0.6 is 0 Å². The van der Waals surface area contributed by atoms with Crippen LogP contribution < -0.4 is 5.32 Å². The third-order valence-corrected chi connectivity index (χ3v) is 3.90. The second kappa shape index (κ2) is 5.61. The molecule has 0 saturated heterocycles. The summed E-state index contributed by atoms with van der Waals surface area (Å²) in [4.78, 5) is 12.3. The lowest BCUT2D eigenvalue weighted by Gasteiger charge is -2.06. The van der Waals surface area contributed by atoms with Gasteiger partial charge in [0.25, 0.3) is 0 Å². The van der Waals surface area contributed by atoms with E-state index in [1.165, 1.54) is 5.39 Å². The summed E-state index contributed by atoms with van der Waals surface area (Å²) in [5.74, 6) is 0.328. The summed E-state index contributed by atoms with van der Waals surface area (Å²) in [6, 6.07) is 23.6. The summed E-state index contributed by atoms with van der Waals surface area (Å²) in [6.45, 7) is 0.207. The maximum Gasteiger partial charge on any atom is 0.216 e. The van der Waals surface area contributed by atoms with Gasteiger partial charge in [0.05, 0.1) is 6.54 Å². The maximum atomic E-state index is 12.3. The molecule has 23 heavy (non-hydrogen) atoms. The number of Topliss-reactive ketones (excluding diaryl/α,β-unsaturated/α-hetero) is 1. The van der Waals surface area contributed by atoms with Crippen LogP contribution in [0.4, 0.5) is 5.69 Å². The molecule has 4 rings (SSSR count). The van der Waals surface area contributed by atoms with Crippen molar-refractivity contribution in [2.24, 2.45) is 0 Å². The van der Waals surface area contributed by atoms with Crippen molar-refractivity contribution < 1.29 is 9.21 Å². The number of rotatable bonds is 4. The topological polar surface area (TPSA) is 42.2 Å². The minimum atomic E-state index is -0.0608. The van der Waals surface area contributed by atoms with Gasteiger partial charge in [0, 0.05) is 11.1 Å². The molecule has 0 atom stereocenters. The number of furan rings is 1. The van der Waals surface area contributed by atoms with Crippen molar-refractivity contribution >= 4 is 33.2 Å². The Hall–Kier alpha value is -3.07. The molecular weight excluding hydrogens is 286 g/mol. The molecule has 0 radical (unpaired) electrons. The molecule has 0 spiro atoms. The highest BCUT2D eigenvalue weighted by atomic mass is 16.3. The second-order valence-electron chi connectivity index (χ2n) is 5.49. The largest absolute Gasteiger partial charge is 0.453 e. The van der Waals surface area contributed by atoms with Crippen molar-refractivity contribution in [2.75, 3.05) is 11.9 Å². The Labute approximate surface area is 133 Å². The Balaban J connectivity index is 1.51. The van der Waals surface area contributed by atoms with E-state index in [0.29, 0.717) is 5.76 Å². The van der Waals surface area contributed by atoms with Gasteiger partial charge in [0.1, 0.15) is 5.58 Å². The van der Waals surface area contributed by atoms with Crippen molar-refractivity contribution in [3.8, 4) is 0 Å². The minimum absolute atomic E-state index is 0.0608. The molecule has 0 aliphatic carbocycles. The molecule has 0 unspecified atom stereocenters. The number of hydrogen-bond acceptors (Lipinski definition) is 3. The molecule has 0 aliphatic rings. The zero-order valence-corrected chi connectivity index (χ0v) is 12.5. The van der Waals surface area contributed by atoms with E-state index in [1.54, 1.807) is 6.07 Å². The van der Waals surface area contributed by atoms with E-state index in [4.69, 9.17) is 4.42 Å². The molecule has 3 aromatic carbocycles. The summed E-state index contributed by atoms with van der Waals surface area (Å²) in [6.07, 6.45) is 0. The molecule has 1 N–H and O–H groups in total. The van der Waals surface area contributed by atoms with E-state index in [9.17, 15) is 4.79 Å². The molecule has 3 nitrogen and oxygen atoms in total. The fraction of sp³-hybridized carbons (Fsp3) is 0.0500. The Morgan fingerprint density at radius 1 is 0.826 bits per heavy atom. The molecule has 0 aliphatic heterocycles. The number of carbonyl (C=O) groups excluding carboxylic acids is 1. The highest BCUT2D eigenvalue weighted by Crippen LogP contribution is 2.21. The van der Waals surface area contributed by atoms with Gasteiger partial charge in [-0.3, -0.25) is 4.79 Å². The SMILES string of the molecule is O=C(CNc1ccc2ccccc2c1)c1cc2ccccc2o1. The first kappa shape index (κ1) is 13.6. The van der Waals surface area contributed by atoms with Crippen LogP contribution in [0.3, 0.4) is 0 Å². The average molecular weight is 301 g/mol. The summed E-state index contributed by atoms with van der Waals surface area (Å²) in [5.41, 5.74) is 1.66. The van der Waals surface area contributed by atoms with E-state index in [-0.39, 0.29) is 12.3 Å². The molecule has 1 heterocycles. The number of para-hydroxylation sites is 1. The van der Waals surface area contributed by atoms with Crippen LogP contribution in [0.5, 0.6) is 0 Å². The van der Waals surface area contributed by atoms with Crippen molar-refractivity contribution in [3.63, 3.8) is 0 Å². The van der Waals surface area contributed by atoms with Crippen molar-refractivity contribution in [3.05, 3.63) is 78.6 Å². The van der Waals surface area contributed by atoms with Crippen LogP contribution in [0.1, 0.15) is 10.6 Å². The third kappa shape index (κ3) is 2.69. The van der Waals surface area contributed by atoms with Crippen LogP contribution in [0.25, 0.3) is 21.7 Å². The monoisotopic (exact) mass is 301 g/mol. The quantitative estimate of drug-likeness (QED) is 0.546. The van der Waals surface area contributed by atoms with Crippen LogP contribution in [0.2, 0.25) is 0 Å². The lowest BCUT2D eigenvalue weighted by atomic mass is 10.1. The molecule has 1 aromatic heterocycles. The molecule has 0 saturated carbocycles. The molecule has 0 amide bonds. The normalized spacial score (nSPS) is 11.0. The molecule has 0 bridgehead atoms. The Morgan fingerprint density at radius 2 is 1.57 bits per heavy atom. The molecule has 0 fully saturated rings. The number of fused-ring (bicyclic) bond motifs is 2. The summed E-state index contributed by atoms with van der Waals surface area (Å²) >= 11 is 0. The van der Waals surface area contributed by atoms with Gasteiger partial charge in [-0.25, -0.2) is 0 Å². The first-order valence-corrected chi connectivity index (χ1v) is 7.54. The fourth-order valence-electron chi connectivity index (χ4n) is 2.69. The molecular formula is C20H15NO2. The highest BCUT2D eigenvalue weighted by molar-refractivity contribution is 6.00. The number of hydrogen-bond donors (Lipinski definition) is 1. The Bertz CT molecular complexity index is 968. The van der Waals surface area contributed by atoms with Crippen LogP contribution in [0, 0.1) is 0 Å². The first-order valence-electron chi connectivity index (χ1n) is 7.54. The molecule has 112 valence electrons. The zero-order chi connectivity index (χ0) is 15.6. The van der Waals surface area contributed by atoms with E-state index in [2.05, 4.69) is 17.4 Å². The number of carbonyl (C=O) groups is 1. The van der Waals surface area contributed by atoms with E-state index >= 15 is 0 Å². The van der Waals surface area contributed by atoms with Gasteiger partial charge in [-0.05, 0) is 35.0 Å². The smallest absolute Gasteiger partial charge is 0.216 e. The van der Waals surface area contributed by atoms with Gasteiger partial charge in [-0.15, -0.1) is 0 Å². The summed E-state index contributed by atoms with van der Waals surface area (Å²) in [5, 5.41) is 6.44. The van der Waals surface area contributed by atoms with E-state index in [1.807, 2.05) is 54.6 Å². The third-order valence-electron chi connectivity index (χ3n) is 3.90. The average Bonchev–Trinajstić information content (AvgIpc) is 3.04. The van der Waals surface area contributed by atoms with Gasteiger partial charge < -0.3 is 9.73 Å². The van der Waals surface area contributed by atoms with Crippen molar-refractivity contribution in [1.82, 2.24) is 0 Å². The Kier molecular flexibility index (Phi) is 3.31. The Morgan fingerprint density at radius 3 is 2.39 bits per heavy atom. The van der Waals surface area contributed by atoms with Crippen molar-refractivity contribution in [1.29, 1.82) is 0 Å². The maximum absolute atomic E-state index is 12.3. The zero-order valence-electron chi connectivity index (χ0n) is 12.5. The standard InChI is InChI=1S/C20H15NO2/c22-18(20-12-16-7-3-4-8-19(16)23-20)13-21-17-10-9-14-5-1-2-6-15(14)11-17/h1-12,21H,13H2. The highest BCUT2D eigenvalue weighted by Gasteiger charge is 2.11. The number of anilines is 1. The number of benzene rings is 3. The number of nitrogens with one attached hydrogen (secondary N) is 1. The predicted octanol–water partition coefficient (Wildman–Crippen LogP) is 4.88. The van der Waals surface area contributed by atoms with E-state index in [0.717, 1.165) is 22.0 Å². The van der Waals surface area contributed by atoms with Gasteiger partial charge in [-0.2, -0.15) is 0 Å². The van der Waals surface area contributed by atoms with E-state index < -0.39 is 0 Å². The molecule has 4 aromatic rings. The molecule has 3 heteroatoms. The van der Waals surface area contributed by atoms with Gasteiger partial charge in [0.2, 0.25) is 5.78 Å².